The summed E-state index contributed by atoms with van der Waals surface area (Å²) < 4.78 is 11.1. The number of hydrogen-bond acceptors (Lipinski definition) is 4. The molecule has 150 valence electrons. The van der Waals surface area contributed by atoms with Crippen molar-refractivity contribution in [1.82, 2.24) is 10.2 Å². The van der Waals surface area contributed by atoms with Crippen molar-refractivity contribution in [3.05, 3.63) is 42.0 Å². The highest BCUT2D eigenvalue weighted by Gasteiger charge is 2.23. The van der Waals surface area contributed by atoms with Gasteiger partial charge in [-0.25, -0.2) is 0 Å². The molecule has 1 N–H and O–H groups in total. The summed E-state index contributed by atoms with van der Waals surface area (Å²) in [7, 11) is 1.62. The summed E-state index contributed by atoms with van der Waals surface area (Å²) in [5, 5.41) is 2.84. The van der Waals surface area contributed by atoms with E-state index < -0.39 is 0 Å². The van der Waals surface area contributed by atoms with E-state index in [4.69, 9.17) is 9.47 Å². The number of piperidine rings is 1. The topological polar surface area (TPSA) is 50.8 Å². The molecule has 1 heterocycles. The first-order valence-electron chi connectivity index (χ1n) is 9.92. The summed E-state index contributed by atoms with van der Waals surface area (Å²) in [5.41, 5.74) is 1.88. The minimum absolute atomic E-state index is 0.0985. The van der Waals surface area contributed by atoms with Gasteiger partial charge in [0.1, 0.15) is 11.9 Å². The number of hydrogen-bond donors (Lipinski definition) is 1. The predicted molar refractivity (Wildman–Crippen MR) is 109 cm³/mol. The van der Waals surface area contributed by atoms with Crippen LogP contribution in [0.4, 0.5) is 0 Å². The van der Waals surface area contributed by atoms with E-state index in [1.807, 2.05) is 18.2 Å². The zero-order chi connectivity index (χ0) is 19.6. The number of likely N-dealkylation sites (tertiary alicyclic amines) is 1. The van der Waals surface area contributed by atoms with Crippen molar-refractivity contribution in [3.63, 3.8) is 0 Å². The van der Waals surface area contributed by atoms with E-state index in [0.29, 0.717) is 24.8 Å². The van der Waals surface area contributed by atoms with Crippen LogP contribution < -0.4 is 10.1 Å². The van der Waals surface area contributed by atoms with Gasteiger partial charge in [0.05, 0.1) is 6.61 Å². The maximum Gasteiger partial charge on any atom is 0.251 e. The lowest BCUT2D eigenvalue weighted by Gasteiger charge is -2.36. The number of carbonyl (C=O) groups is 1. The van der Waals surface area contributed by atoms with Crippen LogP contribution in [0, 0.1) is 0 Å². The van der Waals surface area contributed by atoms with Crippen LogP contribution in [0.1, 0.15) is 49.9 Å². The van der Waals surface area contributed by atoms with Gasteiger partial charge in [0, 0.05) is 38.3 Å². The average Bonchev–Trinajstić information content (AvgIpc) is 2.67. The van der Waals surface area contributed by atoms with E-state index in [1.54, 1.807) is 13.2 Å². The molecule has 0 aliphatic carbocycles. The van der Waals surface area contributed by atoms with Gasteiger partial charge in [-0.1, -0.05) is 11.6 Å². The summed E-state index contributed by atoms with van der Waals surface area (Å²) in [6.45, 7) is 11.5. The molecule has 0 radical (unpaired) electrons. The number of methoxy groups -OCH3 is 1. The van der Waals surface area contributed by atoms with Crippen LogP contribution in [-0.2, 0) is 4.74 Å². The van der Waals surface area contributed by atoms with Crippen LogP contribution in [0.25, 0.3) is 0 Å². The second kappa shape index (κ2) is 11.1. The zero-order valence-corrected chi connectivity index (χ0v) is 17.0. The summed E-state index contributed by atoms with van der Waals surface area (Å²) in [6.07, 6.45) is 4.50. The SMILES string of the molecule is C=C(C)CC[C@@H](C)N1CCC(Oc2cccc(C(=O)NCCOC)c2)CC1. The molecule has 27 heavy (non-hydrogen) atoms. The Morgan fingerprint density at radius 3 is 2.78 bits per heavy atom. The fourth-order valence-electron chi connectivity index (χ4n) is 3.34. The number of allylic oxidation sites excluding steroid dienone is 1. The highest BCUT2D eigenvalue weighted by Crippen LogP contribution is 2.22. The predicted octanol–water partition coefficient (Wildman–Crippen LogP) is 3.65. The summed E-state index contributed by atoms with van der Waals surface area (Å²) in [6, 6.07) is 8.01. The number of rotatable bonds is 10. The molecule has 2 rings (SSSR count). The maximum atomic E-state index is 12.2. The first kappa shape index (κ1) is 21.5. The van der Waals surface area contributed by atoms with Gasteiger partial charge >= 0.3 is 0 Å². The van der Waals surface area contributed by atoms with E-state index in [-0.39, 0.29) is 12.0 Å². The van der Waals surface area contributed by atoms with Crippen molar-refractivity contribution in [2.45, 2.75) is 51.7 Å². The zero-order valence-electron chi connectivity index (χ0n) is 17.0. The van der Waals surface area contributed by atoms with Gasteiger partial charge in [-0.05, 0) is 57.7 Å². The first-order chi connectivity index (χ1) is 13.0. The van der Waals surface area contributed by atoms with E-state index in [2.05, 4.69) is 30.6 Å². The summed E-state index contributed by atoms with van der Waals surface area (Å²) in [4.78, 5) is 14.7. The highest BCUT2D eigenvalue weighted by atomic mass is 16.5. The van der Waals surface area contributed by atoms with Crippen molar-refractivity contribution in [1.29, 1.82) is 0 Å². The van der Waals surface area contributed by atoms with Crippen LogP contribution in [0.2, 0.25) is 0 Å². The molecular weight excluding hydrogens is 340 g/mol. The average molecular weight is 375 g/mol. The first-order valence-corrected chi connectivity index (χ1v) is 9.92. The van der Waals surface area contributed by atoms with E-state index >= 15 is 0 Å². The fourth-order valence-corrected chi connectivity index (χ4v) is 3.34. The molecule has 1 amide bonds. The second-order valence-corrected chi connectivity index (χ2v) is 7.47. The number of benzene rings is 1. The third-order valence-electron chi connectivity index (χ3n) is 5.08. The molecule has 1 aliphatic heterocycles. The van der Waals surface area contributed by atoms with Gasteiger partial charge in [0.2, 0.25) is 0 Å². The minimum Gasteiger partial charge on any atom is -0.490 e. The number of nitrogens with zero attached hydrogens (tertiary/aromatic N) is 1. The standard InChI is InChI=1S/C22H34N2O3/c1-17(2)8-9-18(3)24-13-10-20(11-14-24)27-21-7-5-6-19(16-21)22(25)23-12-15-26-4/h5-7,16,18,20H,1,8-15H2,2-4H3,(H,23,25)/t18-/m1/s1. The van der Waals surface area contributed by atoms with Crippen molar-refractivity contribution in [2.75, 3.05) is 33.4 Å². The monoisotopic (exact) mass is 374 g/mol. The van der Waals surface area contributed by atoms with Crippen LogP contribution in [-0.4, -0.2) is 56.3 Å². The largest absolute Gasteiger partial charge is 0.490 e. The third kappa shape index (κ3) is 7.35. The molecule has 0 saturated carbocycles. The van der Waals surface area contributed by atoms with Crippen molar-refractivity contribution in [2.24, 2.45) is 0 Å². The molecule has 1 aromatic carbocycles. The molecule has 0 bridgehead atoms. The lowest BCUT2D eigenvalue weighted by atomic mass is 10.0. The van der Waals surface area contributed by atoms with Gasteiger partial charge in [0.25, 0.3) is 5.91 Å². The van der Waals surface area contributed by atoms with Gasteiger partial charge < -0.3 is 19.7 Å². The molecule has 0 aromatic heterocycles. The Morgan fingerprint density at radius 1 is 1.37 bits per heavy atom. The van der Waals surface area contributed by atoms with E-state index in [9.17, 15) is 4.79 Å². The molecule has 1 saturated heterocycles. The fraction of sp³-hybridized carbons (Fsp3) is 0.591. The van der Waals surface area contributed by atoms with Gasteiger partial charge in [-0.3, -0.25) is 4.79 Å². The van der Waals surface area contributed by atoms with Gasteiger partial charge in [-0.15, -0.1) is 6.58 Å². The summed E-state index contributed by atoms with van der Waals surface area (Å²) >= 11 is 0. The number of ether oxygens (including phenoxy) is 2. The van der Waals surface area contributed by atoms with Gasteiger partial charge in [-0.2, -0.15) is 0 Å². The number of amides is 1. The lowest BCUT2D eigenvalue weighted by molar-refractivity contribution is 0.0773. The van der Waals surface area contributed by atoms with Crippen LogP contribution in [0.15, 0.2) is 36.4 Å². The highest BCUT2D eigenvalue weighted by molar-refractivity contribution is 5.94. The Balaban J connectivity index is 1.80. The molecule has 1 atom stereocenters. The quantitative estimate of drug-likeness (QED) is 0.502. The van der Waals surface area contributed by atoms with Crippen LogP contribution in [0.5, 0.6) is 5.75 Å². The molecular formula is C22H34N2O3. The Bertz CT molecular complexity index is 609. The Morgan fingerprint density at radius 2 is 2.11 bits per heavy atom. The maximum absolute atomic E-state index is 12.2. The third-order valence-corrected chi connectivity index (χ3v) is 5.08. The Hall–Kier alpha value is -1.85. The molecule has 5 nitrogen and oxygen atoms in total. The molecule has 1 aromatic rings. The molecule has 0 spiro atoms. The Kier molecular flexibility index (Phi) is 8.82. The molecule has 5 heteroatoms. The molecule has 0 unspecified atom stereocenters. The number of nitrogens with one attached hydrogen (secondary N) is 1. The summed E-state index contributed by atoms with van der Waals surface area (Å²) in [5.74, 6) is 0.668. The van der Waals surface area contributed by atoms with Crippen LogP contribution in [0.3, 0.4) is 0 Å². The molecule has 1 fully saturated rings. The molecule has 1 aliphatic rings. The van der Waals surface area contributed by atoms with Crippen LogP contribution >= 0.6 is 0 Å². The second-order valence-electron chi connectivity index (χ2n) is 7.47. The van der Waals surface area contributed by atoms with E-state index in [1.165, 1.54) is 12.0 Å². The minimum atomic E-state index is -0.0985. The van der Waals surface area contributed by atoms with Crippen molar-refractivity contribution >= 4 is 5.91 Å². The smallest absolute Gasteiger partial charge is 0.251 e. The number of carbonyl (C=O) groups excluding carboxylic acids is 1. The van der Waals surface area contributed by atoms with Crippen molar-refractivity contribution in [3.8, 4) is 5.75 Å². The Labute approximate surface area is 163 Å². The van der Waals surface area contributed by atoms with Crippen molar-refractivity contribution < 1.29 is 14.3 Å². The van der Waals surface area contributed by atoms with Gasteiger partial charge in [0.15, 0.2) is 0 Å². The lowest BCUT2D eigenvalue weighted by Crippen LogP contribution is -2.43. The normalized spacial score (nSPS) is 16.7. The van der Waals surface area contributed by atoms with E-state index in [0.717, 1.165) is 38.1 Å².